The second-order valence-corrected chi connectivity index (χ2v) is 11.8. The molecule has 3 rings (SSSR count). The first-order chi connectivity index (χ1) is 21.0. The van der Waals surface area contributed by atoms with E-state index in [-0.39, 0.29) is 29.4 Å². The summed E-state index contributed by atoms with van der Waals surface area (Å²) in [6.45, 7) is 5.21. The number of aliphatic carboxylic acids is 1. The van der Waals surface area contributed by atoms with E-state index >= 15 is 0 Å². The number of methoxy groups -OCH3 is 3. The Morgan fingerprint density at radius 1 is 1.09 bits per heavy atom. The Morgan fingerprint density at radius 2 is 1.80 bits per heavy atom. The number of amides is 2. The zero-order chi connectivity index (χ0) is 32.6. The summed E-state index contributed by atoms with van der Waals surface area (Å²) in [5.41, 5.74) is 2.63. The van der Waals surface area contributed by atoms with Crippen LogP contribution in [-0.2, 0) is 20.8 Å². The number of fused-ring (bicyclic) bond motifs is 3. The molecule has 0 fully saturated rings. The minimum absolute atomic E-state index is 0.164. The third kappa shape index (κ3) is 7.77. The van der Waals surface area contributed by atoms with Crippen LogP contribution >= 0.6 is 11.8 Å². The summed E-state index contributed by atoms with van der Waals surface area (Å²) in [6, 6.07) is 4.34. The number of carboxylic acid groups (broad SMARTS) is 1. The van der Waals surface area contributed by atoms with Gasteiger partial charge in [-0.3, -0.25) is 14.4 Å². The van der Waals surface area contributed by atoms with Crippen molar-refractivity contribution in [3.05, 3.63) is 45.6 Å². The minimum Gasteiger partial charge on any atom is -0.493 e. The van der Waals surface area contributed by atoms with Gasteiger partial charge in [0.2, 0.25) is 23.0 Å². The molecule has 12 heteroatoms. The highest BCUT2D eigenvalue weighted by Gasteiger charge is 2.31. The fourth-order valence-electron chi connectivity index (χ4n) is 5.45. The highest BCUT2D eigenvalue weighted by molar-refractivity contribution is 7.98. The van der Waals surface area contributed by atoms with E-state index in [0.717, 1.165) is 5.56 Å². The smallest absolute Gasteiger partial charge is 0.326 e. The molecule has 0 heterocycles. The van der Waals surface area contributed by atoms with Crippen LogP contribution in [0.25, 0.3) is 11.1 Å². The maximum atomic E-state index is 13.8. The number of carbonyl (C=O) groups is 3. The zero-order valence-electron chi connectivity index (χ0n) is 26.4. The lowest BCUT2D eigenvalue weighted by Crippen LogP contribution is -2.50. The molecule has 0 aliphatic heterocycles. The van der Waals surface area contributed by atoms with Crippen LogP contribution in [0.2, 0.25) is 0 Å². The molecule has 2 aromatic rings. The number of nitrogens with one attached hydrogen (secondary N) is 3. The van der Waals surface area contributed by atoms with E-state index in [1.807, 2.05) is 26.2 Å². The summed E-state index contributed by atoms with van der Waals surface area (Å²) in [5, 5.41) is 18.4. The van der Waals surface area contributed by atoms with Gasteiger partial charge in [0.05, 0.1) is 33.1 Å². The lowest BCUT2D eigenvalue weighted by molar-refractivity contribution is -0.142. The third-order valence-corrected chi connectivity index (χ3v) is 8.59. The first kappa shape index (κ1) is 34.6. The van der Waals surface area contributed by atoms with Gasteiger partial charge in [-0.1, -0.05) is 26.3 Å². The first-order valence-corrected chi connectivity index (χ1v) is 16.0. The second kappa shape index (κ2) is 15.7. The fourth-order valence-corrected chi connectivity index (χ4v) is 5.92. The molecule has 2 aromatic carbocycles. The lowest BCUT2D eigenvalue weighted by Gasteiger charge is -2.26. The molecule has 0 bridgehead atoms. The van der Waals surface area contributed by atoms with Crippen molar-refractivity contribution in [2.75, 3.05) is 38.7 Å². The van der Waals surface area contributed by atoms with E-state index in [0.29, 0.717) is 59.0 Å². The molecule has 1 aliphatic carbocycles. The maximum Gasteiger partial charge on any atom is 0.326 e. The molecule has 2 amide bonds. The predicted octanol–water partition coefficient (Wildman–Crippen LogP) is 4.01. The number of rotatable bonds is 14. The molecule has 11 nitrogen and oxygen atoms in total. The van der Waals surface area contributed by atoms with Gasteiger partial charge in [0.15, 0.2) is 11.5 Å². The first-order valence-electron chi connectivity index (χ1n) is 14.6. The van der Waals surface area contributed by atoms with Gasteiger partial charge in [0, 0.05) is 12.5 Å². The Bertz CT molecular complexity index is 1430. The number of anilines is 1. The van der Waals surface area contributed by atoms with Gasteiger partial charge in [-0.05, 0) is 72.1 Å². The summed E-state index contributed by atoms with van der Waals surface area (Å²) in [7, 11) is 4.59. The SMILES string of the molecule is CC[C@@H](C)[C@@H](Nc1ccc2c(cc1=O)[C@H](NC(C)=O)CCc1cc(OC)c(OC)c(OC)c1-2)C(=O)N[C@H](CCSC)C(=O)O. The Labute approximate surface area is 262 Å². The molecular weight excluding hydrogens is 586 g/mol. The summed E-state index contributed by atoms with van der Waals surface area (Å²) in [5.74, 6) is -0.185. The Hall–Kier alpha value is -3.93. The Morgan fingerprint density at radius 3 is 2.36 bits per heavy atom. The van der Waals surface area contributed by atoms with E-state index in [1.54, 1.807) is 19.2 Å². The lowest BCUT2D eigenvalue weighted by atomic mass is 9.95. The Balaban J connectivity index is 2.19. The van der Waals surface area contributed by atoms with Crippen molar-refractivity contribution in [2.45, 2.75) is 64.6 Å². The van der Waals surface area contributed by atoms with Gasteiger partial charge in [-0.2, -0.15) is 11.8 Å². The quantitative estimate of drug-likeness (QED) is 0.241. The second-order valence-electron chi connectivity index (χ2n) is 10.8. The number of aryl methyl sites for hydroxylation is 1. The van der Waals surface area contributed by atoms with Gasteiger partial charge in [0.25, 0.3) is 0 Å². The van der Waals surface area contributed by atoms with E-state index in [9.17, 15) is 24.3 Å². The molecule has 240 valence electrons. The molecule has 4 N–H and O–H groups in total. The van der Waals surface area contributed by atoms with Gasteiger partial charge in [-0.15, -0.1) is 0 Å². The van der Waals surface area contributed by atoms with Crippen LogP contribution in [0.3, 0.4) is 0 Å². The van der Waals surface area contributed by atoms with Crippen LogP contribution in [0.4, 0.5) is 5.69 Å². The van der Waals surface area contributed by atoms with Crippen LogP contribution in [0, 0.1) is 5.92 Å². The molecule has 4 atom stereocenters. The number of hydrogen-bond donors (Lipinski definition) is 4. The molecular formula is C32H43N3O8S. The topological polar surface area (TPSA) is 152 Å². The molecule has 0 saturated heterocycles. The standard InChI is InChI=1S/C32H43N3O8S/c1-8-17(2)28(31(38)35-24(32(39)40)13-14-44-7)34-23-12-10-20-21(16-25(23)37)22(33-18(3)36)11-9-19-15-26(41-4)29(42-5)30(43-6)27(19)20/h10,12,15-17,22,24,28H,8-9,11,13-14H2,1-7H3,(H,33,36)(H,34,37)(H,35,38)(H,39,40)/t17-,22-,24-,28-/m1/s1. The highest BCUT2D eigenvalue weighted by Crippen LogP contribution is 2.50. The number of benzene rings is 1. The molecule has 0 radical (unpaired) electrons. The van der Waals surface area contributed by atoms with Crippen LogP contribution < -0.4 is 35.6 Å². The average Bonchev–Trinajstić information content (AvgIpc) is 3.24. The molecule has 0 spiro atoms. The molecule has 0 aromatic heterocycles. The van der Waals surface area contributed by atoms with Crippen LogP contribution in [0.15, 0.2) is 29.1 Å². The van der Waals surface area contributed by atoms with Crippen molar-refractivity contribution in [2.24, 2.45) is 5.92 Å². The summed E-state index contributed by atoms with van der Waals surface area (Å²) >= 11 is 1.49. The number of thioether (sulfide) groups is 1. The minimum atomic E-state index is -1.11. The fraction of sp³-hybridized carbons (Fsp3) is 0.500. The van der Waals surface area contributed by atoms with Crippen LogP contribution in [0.5, 0.6) is 17.2 Å². The molecule has 0 unspecified atom stereocenters. The number of carboxylic acids is 1. The van der Waals surface area contributed by atoms with Gasteiger partial charge >= 0.3 is 5.97 Å². The molecule has 0 saturated carbocycles. The summed E-state index contributed by atoms with van der Waals surface area (Å²) < 4.78 is 17.1. The van der Waals surface area contributed by atoms with Crippen molar-refractivity contribution in [1.82, 2.24) is 10.6 Å². The largest absolute Gasteiger partial charge is 0.493 e. The normalized spacial score (nSPS) is 15.8. The number of hydrogen-bond acceptors (Lipinski definition) is 9. The Kier molecular flexibility index (Phi) is 12.3. The number of carbonyl (C=O) groups excluding carboxylic acids is 2. The predicted molar refractivity (Wildman–Crippen MR) is 172 cm³/mol. The average molecular weight is 630 g/mol. The van der Waals surface area contributed by atoms with Crippen molar-refractivity contribution in [3.63, 3.8) is 0 Å². The van der Waals surface area contributed by atoms with Crippen molar-refractivity contribution in [3.8, 4) is 28.4 Å². The van der Waals surface area contributed by atoms with Gasteiger partial charge in [0.1, 0.15) is 12.1 Å². The molecule has 44 heavy (non-hydrogen) atoms. The van der Waals surface area contributed by atoms with Crippen LogP contribution in [0.1, 0.15) is 57.2 Å². The third-order valence-electron chi connectivity index (χ3n) is 7.95. The van der Waals surface area contributed by atoms with E-state index in [1.165, 1.54) is 39.0 Å². The highest BCUT2D eigenvalue weighted by atomic mass is 32.2. The zero-order valence-corrected chi connectivity index (χ0v) is 27.2. The summed E-state index contributed by atoms with van der Waals surface area (Å²) in [6.07, 6.45) is 3.82. The number of ether oxygens (including phenoxy) is 3. The van der Waals surface area contributed by atoms with Crippen molar-refractivity contribution >= 4 is 35.2 Å². The van der Waals surface area contributed by atoms with Crippen molar-refractivity contribution < 1.29 is 33.7 Å². The van der Waals surface area contributed by atoms with E-state index in [2.05, 4.69) is 16.0 Å². The van der Waals surface area contributed by atoms with E-state index < -0.39 is 30.0 Å². The maximum absolute atomic E-state index is 13.8. The monoisotopic (exact) mass is 629 g/mol. The van der Waals surface area contributed by atoms with Crippen LogP contribution in [-0.4, -0.2) is 68.3 Å². The van der Waals surface area contributed by atoms with Crippen molar-refractivity contribution in [1.29, 1.82) is 0 Å². The molecule has 1 aliphatic rings. The van der Waals surface area contributed by atoms with Gasteiger partial charge < -0.3 is 35.3 Å². The summed E-state index contributed by atoms with van der Waals surface area (Å²) in [4.78, 5) is 51.3. The van der Waals surface area contributed by atoms with Gasteiger partial charge in [-0.25, -0.2) is 4.79 Å². The van der Waals surface area contributed by atoms with E-state index in [4.69, 9.17) is 14.2 Å².